The molecule has 0 aliphatic carbocycles. The van der Waals surface area contributed by atoms with Crippen LogP contribution in [0.3, 0.4) is 0 Å². The van der Waals surface area contributed by atoms with Crippen LogP contribution in [0.4, 0.5) is 0 Å². The van der Waals surface area contributed by atoms with Crippen LogP contribution in [0.25, 0.3) is 0 Å². The summed E-state index contributed by atoms with van der Waals surface area (Å²) in [4.78, 5) is 0. The van der Waals surface area contributed by atoms with Gasteiger partial charge in [0.25, 0.3) is 0 Å². The van der Waals surface area contributed by atoms with E-state index in [1.807, 2.05) is 42.5 Å². The number of nitrogens with zero attached hydrogens (tertiary/aromatic N) is 1. The topological polar surface area (TPSA) is 36.9 Å². The molecule has 0 radical (unpaired) electrons. The number of quaternary nitrogens is 1. The predicted molar refractivity (Wildman–Crippen MR) is 162 cm³/mol. The van der Waals surface area contributed by atoms with Gasteiger partial charge in [0.1, 0.15) is 19.3 Å². The minimum atomic E-state index is 0. The fraction of sp³-hybridized carbons (Fsp3) is 0.294. The van der Waals surface area contributed by atoms with E-state index in [0.717, 1.165) is 58.0 Å². The molecule has 40 heavy (non-hydrogen) atoms. The monoisotopic (exact) mass is 560 g/mol. The highest BCUT2D eigenvalue weighted by Gasteiger charge is 2.37. The maximum Gasteiger partial charge on any atom is 0.162 e. The summed E-state index contributed by atoms with van der Waals surface area (Å²) in [7, 11) is 8.05. The third-order valence-corrected chi connectivity index (χ3v) is 7.72. The van der Waals surface area contributed by atoms with Crippen molar-refractivity contribution in [2.24, 2.45) is 0 Å². The fourth-order valence-electron chi connectivity index (χ4n) is 5.37. The van der Waals surface area contributed by atoms with Crippen LogP contribution >= 0.6 is 12.4 Å². The van der Waals surface area contributed by atoms with Crippen LogP contribution in [-0.2, 0) is 26.1 Å². The number of fused-ring (bicyclic) bond motifs is 1. The lowest BCUT2D eigenvalue weighted by atomic mass is 9.87. The molecule has 4 aromatic rings. The Hall–Kier alpha value is -3.67. The van der Waals surface area contributed by atoms with Gasteiger partial charge in [-0.2, -0.15) is 0 Å². The Bertz CT molecular complexity index is 1390. The van der Waals surface area contributed by atoms with E-state index in [2.05, 4.69) is 62.6 Å². The van der Waals surface area contributed by atoms with Gasteiger partial charge in [-0.1, -0.05) is 66.7 Å². The lowest BCUT2D eigenvalue weighted by Gasteiger charge is -2.43. The summed E-state index contributed by atoms with van der Waals surface area (Å²) in [5, 5.41) is 0. The summed E-state index contributed by atoms with van der Waals surface area (Å²) in [5.41, 5.74) is 6.12. The Kier molecular flexibility index (Phi) is 9.62. The van der Waals surface area contributed by atoms with Gasteiger partial charge in [-0.05, 0) is 46.5 Å². The summed E-state index contributed by atoms with van der Waals surface area (Å²) < 4.78 is 24.8. The van der Waals surface area contributed by atoms with Gasteiger partial charge in [0.2, 0.25) is 0 Å². The standard InChI is InChI=1S/C34H38NO4.ClH/c1-35(2)18-17-28-21-33(37-4)34(39-24-26-13-9-6-10-14-26)22-29(28)30(35)19-27-15-16-31(32(20-27)36-3)38-23-25-11-7-5-8-12-25;/h5-16,20-22,30H,17-19,23-24H2,1-4H3;1H/q+1;. The lowest BCUT2D eigenvalue weighted by molar-refractivity contribution is -0.923. The fourth-order valence-corrected chi connectivity index (χ4v) is 5.37. The van der Waals surface area contributed by atoms with Crippen molar-refractivity contribution in [3.05, 3.63) is 119 Å². The molecule has 0 amide bonds. The molecule has 1 aliphatic heterocycles. The van der Waals surface area contributed by atoms with Crippen molar-refractivity contribution in [1.29, 1.82) is 0 Å². The average Bonchev–Trinajstić information content (AvgIpc) is 2.97. The molecule has 0 aromatic heterocycles. The Balaban J connectivity index is 0.00000370. The Morgan fingerprint density at radius 2 is 1.23 bits per heavy atom. The predicted octanol–water partition coefficient (Wildman–Crippen LogP) is 7.20. The molecule has 0 spiro atoms. The number of hydrogen-bond acceptors (Lipinski definition) is 4. The van der Waals surface area contributed by atoms with E-state index in [4.69, 9.17) is 18.9 Å². The third-order valence-electron chi connectivity index (χ3n) is 7.72. The molecule has 0 saturated heterocycles. The van der Waals surface area contributed by atoms with Gasteiger partial charge in [0.15, 0.2) is 23.0 Å². The van der Waals surface area contributed by atoms with Crippen LogP contribution in [0.2, 0.25) is 0 Å². The average molecular weight is 561 g/mol. The van der Waals surface area contributed by atoms with Crippen LogP contribution in [0, 0.1) is 0 Å². The molecular weight excluding hydrogens is 522 g/mol. The van der Waals surface area contributed by atoms with Crippen molar-refractivity contribution in [2.45, 2.75) is 32.1 Å². The number of hydrogen-bond donors (Lipinski definition) is 0. The molecule has 0 bridgehead atoms. The van der Waals surface area contributed by atoms with Crippen LogP contribution in [0.15, 0.2) is 91.0 Å². The maximum atomic E-state index is 6.29. The zero-order valence-electron chi connectivity index (χ0n) is 23.8. The summed E-state index contributed by atoms with van der Waals surface area (Å²) in [6.45, 7) is 2.06. The third kappa shape index (κ3) is 6.72. The molecule has 210 valence electrons. The largest absolute Gasteiger partial charge is 0.493 e. The second-order valence-electron chi connectivity index (χ2n) is 10.7. The van der Waals surface area contributed by atoms with Crippen molar-refractivity contribution >= 4 is 12.4 Å². The molecule has 0 saturated carbocycles. The minimum absolute atomic E-state index is 0. The van der Waals surface area contributed by atoms with E-state index in [0.29, 0.717) is 13.2 Å². The lowest BCUT2D eigenvalue weighted by Crippen LogP contribution is -2.48. The zero-order valence-corrected chi connectivity index (χ0v) is 24.6. The number of rotatable bonds is 10. The molecule has 5 rings (SSSR count). The van der Waals surface area contributed by atoms with Crippen molar-refractivity contribution in [3.63, 3.8) is 0 Å². The summed E-state index contributed by atoms with van der Waals surface area (Å²) in [5.74, 6) is 3.09. The van der Waals surface area contributed by atoms with Gasteiger partial charge in [0.05, 0.1) is 34.9 Å². The van der Waals surface area contributed by atoms with Crippen molar-refractivity contribution in [2.75, 3.05) is 34.9 Å². The highest BCUT2D eigenvalue weighted by molar-refractivity contribution is 5.85. The van der Waals surface area contributed by atoms with Gasteiger partial charge in [0, 0.05) is 18.4 Å². The van der Waals surface area contributed by atoms with Gasteiger partial charge >= 0.3 is 0 Å². The zero-order chi connectivity index (χ0) is 27.2. The van der Waals surface area contributed by atoms with Crippen molar-refractivity contribution < 1.29 is 23.4 Å². The first-order valence-electron chi connectivity index (χ1n) is 13.5. The van der Waals surface area contributed by atoms with E-state index < -0.39 is 0 Å². The minimum Gasteiger partial charge on any atom is -0.493 e. The molecule has 0 N–H and O–H groups in total. The normalized spacial score (nSPS) is 15.3. The highest BCUT2D eigenvalue weighted by atomic mass is 35.5. The first-order chi connectivity index (χ1) is 19.0. The van der Waals surface area contributed by atoms with Crippen molar-refractivity contribution in [3.8, 4) is 23.0 Å². The number of halogens is 1. The Morgan fingerprint density at radius 1 is 0.650 bits per heavy atom. The van der Waals surface area contributed by atoms with Gasteiger partial charge in [-0.3, -0.25) is 0 Å². The molecule has 4 aromatic carbocycles. The number of benzene rings is 4. The molecular formula is C34H39ClNO4+. The number of methoxy groups -OCH3 is 2. The van der Waals surface area contributed by atoms with Crippen molar-refractivity contribution in [1.82, 2.24) is 0 Å². The summed E-state index contributed by atoms with van der Waals surface area (Å²) >= 11 is 0. The van der Waals surface area contributed by atoms with E-state index in [1.165, 1.54) is 16.7 Å². The first kappa shape index (κ1) is 29.3. The molecule has 6 heteroatoms. The molecule has 0 fully saturated rings. The Labute approximate surface area is 244 Å². The molecule has 1 unspecified atom stereocenters. The smallest absolute Gasteiger partial charge is 0.162 e. The quantitative estimate of drug-likeness (QED) is 0.192. The molecule has 1 aliphatic rings. The molecule has 5 nitrogen and oxygen atoms in total. The van der Waals surface area contributed by atoms with Gasteiger partial charge in [-0.15, -0.1) is 12.4 Å². The number of likely N-dealkylation sites (N-methyl/N-ethyl adjacent to an activating group) is 1. The van der Waals surface area contributed by atoms with E-state index in [9.17, 15) is 0 Å². The molecule has 1 atom stereocenters. The Morgan fingerprint density at radius 3 is 1.82 bits per heavy atom. The summed E-state index contributed by atoms with van der Waals surface area (Å²) in [6, 6.07) is 31.4. The van der Waals surface area contributed by atoms with Gasteiger partial charge < -0.3 is 23.4 Å². The van der Waals surface area contributed by atoms with Gasteiger partial charge in [-0.25, -0.2) is 0 Å². The SMILES string of the molecule is COc1cc(CC2c3cc(OCc4ccccc4)c(OC)cc3CC[N+]2(C)C)ccc1OCc1ccccc1.Cl. The van der Waals surface area contributed by atoms with Crippen LogP contribution in [-0.4, -0.2) is 39.3 Å². The van der Waals surface area contributed by atoms with Crippen LogP contribution < -0.4 is 18.9 Å². The first-order valence-corrected chi connectivity index (χ1v) is 13.5. The van der Waals surface area contributed by atoms with E-state index in [-0.39, 0.29) is 18.4 Å². The number of ether oxygens (including phenoxy) is 4. The second-order valence-corrected chi connectivity index (χ2v) is 10.7. The van der Waals surface area contributed by atoms with E-state index >= 15 is 0 Å². The highest BCUT2D eigenvalue weighted by Crippen LogP contribution is 2.42. The van der Waals surface area contributed by atoms with Crippen LogP contribution in [0.1, 0.15) is 33.9 Å². The van der Waals surface area contributed by atoms with E-state index in [1.54, 1.807) is 14.2 Å². The summed E-state index contributed by atoms with van der Waals surface area (Å²) in [6.07, 6.45) is 1.88. The second kappa shape index (κ2) is 13.1. The van der Waals surface area contributed by atoms with Crippen LogP contribution in [0.5, 0.6) is 23.0 Å². The molecule has 1 heterocycles. The maximum absolute atomic E-state index is 6.29.